The van der Waals surface area contributed by atoms with E-state index in [1.54, 1.807) is 0 Å². The highest BCUT2D eigenvalue weighted by Gasteiger charge is 2.59. The summed E-state index contributed by atoms with van der Waals surface area (Å²) in [5, 5.41) is 214. The molecule has 35 atom stereocenters. The summed E-state index contributed by atoms with van der Waals surface area (Å²) in [4.78, 5) is 37.8. The first-order chi connectivity index (χ1) is 40.6. The molecule has 0 bridgehead atoms. The third-order valence-corrected chi connectivity index (χ3v) is 15.7. The predicted octanol–water partition coefficient (Wildman–Crippen LogP) is -14.8. The zero-order chi connectivity index (χ0) is 63.5. The van der Waals surface area contributed by atoms with Crippen LogP contribution in [0.25, 0.3) is 0 Å². The lowest BCUT2D eigenvalue weighted by molar-refractivity contribution is -0.387. The van der Waals surface area contributed by atoms with Crippen LogP contribution in [0.4, 0.5) is 0 Å². The molecule has 0 aromatic rings. The Bertz CT molecular complexity index is 2170. The fourth-order valence-corrected chi connectivity index (χ4v) is 11.0. The van der Waals surface area contributed by atoms with Crippen molar-refractivity contribution >= 4 is 17.7 Å². The van der Waals surface area contributed by atoms with Gasteiger partial charge in [0.1, 0.15) is 165 Å². The largest absolute Gasteiger partial charge is 0.394 e. The Kier molecular flexibility index (Phi) is 25.0. The lowest BCUT2D eigenvalue weighted by Gasteiger charge is -2.50. The van der Waals surface area contributed by atoms with E-state index in [0.717, 1.165) is 20.8 Å². The molecule has 38 nitrogen and oxygen atoms in total. The van der Waals surface area contributed by atoms with Crippen LogP contribution in [0.5, 0.6) is 0 Å². The quantitative estimate of drug-likeness (QED) is 0.0507. The van der Waals surface area contributed by atoms with E-state index in [1.807, 2.05) is 0 Å². The van der Waals surface area contributed by atoms with Crippen LogP contribution in [0.1, 0.15) is 27.7 Å². The summed E-state index contributed by atoms with van der Waals surface area (Å²) in [6.07, 6.45) is -60.9. The van der Waals surface area contributed by atoms with Crippen molar-refractivity contribution < 1.29 is 173 Å². The fraction of sp³-hybridized carbons (Fsp3) is 0.938. The summed E-state index contributed by atoms with van der Waals surface area (Å²) in [5.41, 5.74) is 0. The lowest BCUT2D eigenvalue weighted by Crippen LogP contribution is -2.70. The molecule has 3 amide bonds. The first-order valence-electron chi connectivity index (χ1n) is 27.5. The molecule has 7 rings (SSSR count). The van der Waals surface area contributed by atoms with Crippen LogP contribution < -0.4 is 16.0 Å². The molecule has 7 aliphatic rings. The molecular formula is C48H81N3O35. The molecule has 498 valence electrons. The highest BCUT2D eigenvalue weighted by atomic mass is 16.8. The van der Waals surface area contributed by atoms with Crippen molar-refractivity contribution in [2.45, 2.75) is 242 Å². The Labute approximate surface area is 488 Å². The molecule has 0 saturated carbocycles. The Morgan fingerprint density at radius 2 is 0.698 bits per heavy atom. The Morgan fingerprint density at radius 3 is 1.21 bits per heavy atom. The van der Waals surface area contributed by atoms with Crippen LogP contribution in [0.2, 0.25) is 0 Å². The Hall–Kier alpha value is -2.87. The second-order valence-electron chi connectivity index (χ2n) is 21.8. The van der Waals surface area contributed by atoms with Crippen molar-refractivity contribution in [1.82, 2.24) is 16.0 Å². The van der Waals surface area contributed by atoms with E-state index in [9.17, 15) is 111 Å². The van der Waals surface area contributed by atoms with Crippen molar-refractivity contribution in [3.63, 3.8) is 0 Å². The van der Waals surface area contributed by atoms with Crippen LogP contribution in [0, 0.1) is 0 Å². The number of amides is 3. The SMILES string of the molecule is CC(=O)N[C@H]1[C@H](O[C@H]2[C@@H](O)[C@@H](CO)OC(O)[C@@H]2O)O[C@H](CO)[C@@H](O[C@@H]2O[C@H](CO[C@@H]3O[C@H](CO)[C@@H](O[C@@H]4O[C@H](CO)[C@H](O)[C@H](O)[C@H]4O[C@@H]4O[C@@H](C)[C@@H](O)[C@@H](O)[C@@H]4O)[C@H](O)[C@H]3NC(C)=O)[C@H](O)[C@H](O[C@@H]3O[C@H](CO)[C@@H](O)[C@H](O)[C@H]3NC(C)=O)[C@H]2O)[C@@H]1O. The number of aliphatic hydroxyl groups is 19. The Balaban J connectivity index is 1.17. The van der Waals surface area contributed by atoms with Crippen molar-refractivity contribution in [3.05, 3.63) is 0 Å². The van der Waals surface area contributed by atoms with Gasteiger partial charge in [-0.2, -0.15) is 0 Å². The molecular weight excluding hydrogens is 1180 g/mol. The van der Waals surface area contributed by atoms with Gasteiger partial charge in [0.05, 0.1) is 45.7 Å². The zero-order valence-corrected chi connectivity index (χ0v) is 46.5. The molecule has 0 spiro atoms. The molecule has 22 N–H and O–H groups in total. The van der Waals surface area contributed by atoms with Gasteiger partial charge < -0.3 is 175 Å². The van der Waals surface area contributed by atoms with Gasteiger partial charge >= 0.3 is 0 Å². The van der Waals surface area contributed by atoms with Crippen LogP contribution in [-0.4, -0.2) is 369 Å². The second kappa shape index (κ2) is 30.5. The average molecular weight is 1260 g/mol. The Morgan fingerprint density at radius 1 is 0.326 bits per heavy atom. The molecule has 38 heteroatoms. The average Bonchev–Trinajstić information content (AvgIpc) is 0.981. The molecule has 7 saturated heterocycles. The van der Waals surface area contributed by atoms with E-state index < -0.39 is 272 Å². The summed E-state index contributed by atoms with van der Waals surface area (Å²) in [6.45, 7) is -1.64. The zero-order valence-electron chi connectivity index (χ0n) is 46.5. The van der Waals surface area contributed by atoms with E-state index in [0.29, 0.717) is 0 Å². The van der Waals surface area contributed by atoms with Crippen molar-refractivity contribution in [1.29, 1.82) is 0 Å². The summed E-state index contributed by atoms with van der Waals surface area (Å²) in [6, 6.07) is -5.29. The molecule has 0 aliphatic carbocycles. The van der Waals surface area contributed by atoms with Gasteiger partial charge in [0.25, 0.3) is 0 Å². The van der Waals surface area contributed by atoms with Gasteiger partial charge in [0.2, 0.25) is 17.7 Å². The summed E-state index contributed by atoms with van der Waals surface area (Å²) in [7, 11) is 0. The number of aliphatic hydroxyl groups excluding tert-OH is 19. The van der Waals surface area contributed by atoms with E-state index in [4.69, 9.17) is 61.6 Å². The van der Waals surface area contributed by atoms with E-state index in [2.05, 4.69) is 16.0 Å². The summed E-state index contributed by atoms with van der Waals surface area (Å²) >= 11 is 0. The van der Waals surface area contributed by atoms with E-state index in [-0.39, 0.29) is 0 Å². The first-order valence-corrected chi connectivity index (χ1v) is 27.5. The van der Waals surface area contributed by atoms with Gasteiger partial charge in [0.15, 0.2) is 44.0 Å². The van der Waals surface area contributed by atoms with Gasteiger partial charge in [-0.05, 0) is 6.92 Å². The van der Waals surface area contributed by atoms with E-state index in [1.165, 1.54) is 6.92 Å². The smallest absolute Gasteiger partial charge is 0.217 e. The number of carbonyl (C=O) groups excluding carboxylic acids is 3. The van der Waals surface area contributed by atoms with Gasteiger partial charge in [-0.3, -0.25) is 14.4 Å². The first kappa shape index (κ1) is 70.6. The predicted molar refractivity (Wildman–Crippen MR) is 265 cm³/mol. The number of hydrogen-bond donors (Lipinski definition) is 22. The maximum absolute atomic E-state index is 12.8. The van der Waals surface area contributed by atoms with E-state index >= 15 is 0 Å². The lowest BCUT2D eigenvalue weighted by atomic mass is 9.94. The third kappa shape index (κ3) is 15.4. The van der Waals surface area contributed by atoms with Crippen molar-refractivity contribution in [2.75, 3.05) is 39.6 Å². The molecule has 0 radical (unpaired) electrons. The van der Waals surface area contributed by atoms with Gasteiger partial charge in [0, 0.05) is 20.8 Å². The van der Waals surface area contributed by atoms with Crippen molar-refractivity contribution in [2.24, 2.45) is 0 Å². The van der Waals surface area contributed by atoms with Gasteiger partial charge in [-0.15, -0.1) is 0 Å². The highest BCUT2D eigenvalue weighted by molar-refractivity contribution is 5.74. The van der Waals surface area contributed by atoms with Crippen molar-refractivity contribution in [3.8, 4) is 0 Å². The second-order valence-corrected chi connectivity index (χ2v) is 21.8. The third-order valence-electron chi connectivity index (χ3n) is 15.7. The number of hydrogen-bond acceptors (Lipinski definition) is 35. The van der Waals surface area contributed by atoms with Gasteiger partial charge in [-0.25, -0.2) is 0 Å². The van der Waals surface area contributed by atoms with Crippen LogP contribution in [0.3, 0.4) is 0 Å². The molecule has 7 aliphatic heterocycles. The number of ether oxygens (including phenoxy) is 13. The molecule has 1 unspecified atom stereocenters. The van der Waals surface area contributed by atoms with Crippen LogP contribution >= 0.6 is 0 Å². The van der Waals surface area contributed by atoms with Gasteiger partial charge in [-0.1, -0.05) is 0 Å². The molecule has 0 aromatic heterocycles. The molecule has 7 heterocycles. The number of nitrogens with one attached hydrogen (secondary N) is 3. The number of rotatable bonds is 21. The maximum Gasteiger partial charge on any atom is 0.217 e. The fourth-order valence-electron chi connectivity index (χ4n) is 11.0. The number of carbonyl (C=O) groups is 3. The molecule has 86 heavy (non-hydrogen) atoms. The van der Waals surface area contributed by atoms with Crippen LogP contribution in [0.15, 0.2) is 0 Å². The monoisotopic (exact) mass is 1260 g/mol. The minimum atomic E-state index is -2.31. The molecule has 7 fully saturated rings. The van der Waals surface area contributed by atoms with Crippen LogP contribution in [-0.2, 0) is 76.0 Å². The summed E-state index contributed by atoms with van der Waals surface area (Å²) < 4.78 is 75.6. The minimum Gasteiger partial charge on any atom is -0.394 e. The topological polar surface area (TPSA) is 592 Å². The minimum absolute atomic E-state index is 0.822. The maximum atomic E-state index is 12.8. The summed E-state index contributed by atoms with van der Waals surface area (Å²) in [5.74, 6) is -2.55. The normalized spacial score (nSPS) is 49.4. The standard InChI is InChI=1S/C48H81N3O35/c1-11-24(60)32(68)34(70)46(75-11)86-41-33(69)26(62)16(6-53)78-48(41)83-38-18(8-55)79-43(22(30(38)66)50-13(3)58)74-10-20-28(64)40(85-44-21(49-12(2)57)29(65)25(61)15(5-52)77-44)36(72)47(81-20)82-37-19(9-56)80-45(23(31(37)67)51-14(4)59)84-39-27(63)17(7-54)76-42(73)35(39)71/h11,15-48,52-56,60-73H,5-10H2,1-4H3,(H,49,57)(H,50,58)(H,51,59)/t11-,15+,16+,17+,18+,19+,20+,21+,22+,23+,24+,25+,26-,27-,28-,29+,30+,31+,32+,33-,34-,35+,36+,37+,38+,39-,40-,41+,42?,43+,44-,45-,46-,47-,48-/m0/s1. The highest BCUT2D eigenvalue weighted by Crippen LogP contribution is 2.37. The molecule has 0 aromatic carbocycles.